The number of rotatable bonds is 2. The summed E-state index contributed by atoms with van der Waals surface area (Å²) >= 11 is 3.34. The van der Waals surface area contributed by atoms with Crippen LogP contribution in [0, 0.1) is 11.8 Å². The molecule has 0 saturated carbocycles. The molecule has 0 amide bonds. The molecule has 0 aliphatic carbocycles. The molecule has 78 valence electrons. The van der Waals surface area contributed by atoms with Crippen molar-refractivity contribution in [2.24, 2.45) is 0 Å². The summed E-state index contributed by atoms with van der Waals surface area (Å²) in [6.45, 7) is 2.18. The van der Waals surface area contributed by atoms with Gasteiger partial charge < -0.3 is 4.74 Å². The maximum atomic E-state index is 11.0. The van der Waals surface area contributed by atoms with Crippen LogP contribution in [0.5, 0.6) is 0 Å². The molecule has 0 unspecified atom stereocenters. The highest BCUT2D eigenvalue weighted by molar-refractivity contribution is 9.10. The van der Waals surface area contributed by atoms with Crippen LogP contribution in [0.15, 0.2) is 28.7 Å². The Kier molecular flexibility index (Phi) is 4.92. The van der Waals surface area contributed by atoms with Crippen molar-refractivity contribution in [2.45, 2.75) is 13.3 Å². The fourth-order valence-electron chi connectivity index (χ4n) is 0.964. The quantitative estimate of drug-likeness (QED) is 0.608. The molecular formula is C12H11BrO2. The normalized spacial score (nSPS) is 8.93. The predicted molar refractivity (Wildman–Crippen MR) is 62.3 cm³/mol. The molecule has 15 heavy (non-hydrogen) atoms. The van der Waals surface area contributed by atoms with E-state index in [1.807, 2.05) is 24.3 Å². The molecule has 0 aromatic heterocycles. The number of ether oxygens (including phenoxy) is 1. The molecule has 3 heteroatoms. The highest BCUT2D eigenvalue weighted by atomic mass is 79.9. The summed E-state index contributed by atoms with van der Waals surface area (Å²) in [6, 6.07) is 7.60. The first kappa shape index (κ1) is 11.8. The van der Waals surface area contributed by atoms with Crippen LogP contribution in [0.2, 0.25) is 0 Å². The molecule has 0 bridgehead atoms. The first-order valence-electron chi connectivity index (χ1n) is 4.62. The number of carbonyl (C=O) groups is 1. The third kappa shape index (κ3) is 4.66. The highest BCUT2D eigenvalue weighted by Gasteiger charge is 1.95. The van der Waals surface area contributed by atoms with E-state index in [2.05, 4.69) is 27.8 Å². The van der Waals surface area contributed by atoms with Crippen molar-refractivity contribution < 1.29 is 9.53 Å². The smallest absolute Gasteiger partial charge is 0.317 e. The van der Waals surface area contributed by atoms with Gasteiger partial charge in [-0.05, 0) is 31.2 Å². The minimum atomic E-state index is -0.276. The Hall–Kier alpha value is -1.27. The molecule has 0 atom stereocenters. The van der Waals surface area contributed by atoms with Gasteiger partial charge in [0.25, 0.3) is 0 Å². The molecule has 0 N–H and O–H groups in total. The van der Waals surface area contributed by atoms with Crippen molar-refractivity contribution in [3.63, 3.8) is 0 Å². The van der Waals surface area contributed by atoms with Gasteiger partial charge in [0.05, 0.1) is 6.61 Å². The largest absolute Gasteiger partial charge is 0.465 e. The van der Waals surface area contributed by atoms with Gasteiger partial charge in [0.15, 0.2) is 0 Å². The Bertz CT molecular complexity index is 384. The van der Waals surface area contributed by atoms with E-state index in [1.165, 1.54) is 0 Å². The predicted octanol–water partition coefficient (Wildman–Crippen LogP) is 2.75. The van der Waals surface area contributed by atoms with Crippen LogP contribution in [0.25, 0.3) is 0 Å². The lowest BCUT2D eigenvalue weighted by molar-refractivity contribution is -0.141. The van der Waals surface area contributed by atoms with Gasteiger partial charge in [-0.1, -0.05) is 27.8 Å². The van der Waals surface area contributed by atoms with E-state index in [0.29, 0.717) is 6.61 Å². The lowest BCUT2D eigenvalue weighted by atomic mass is 10.2. The molecule has 0 heterocycles. The van der Waals surface area contributed by atoms with Gasteiger partial charge in [-0.25, -0.2) is 0 Å². The lowest BCUT2D eigenvalue weighted by Crippen LogP contribution is -2.01. The van der Waals surface area contributed by atoms with E-state index < -0.39 is 0 Å². The molecule has 0 fully saturated rings. The van der Waals surface area contributed by atoms with Gasteiger partial charge in [0, 0.05) is 10.0 Å². The van der Waals surface area contributed by atoms with Gasteiger partial charge in [0.2, 0.25) is 0 Å². The Morgan fingerprint density at radius 2 is 2.07 bits per heavy atom. The Labute approximate surface area is 97.8 Å². The maximum absolute atomic E-state index is 11.0. The minimum absolute atomic E-state index is 0.143. The van der Waals surface area contributed by atoms with Gasteiger partial charge in [0.1, 0.15) is 6.42 Å². The minimum Gasteiger partial charge on any atom is -0.465 e. The van der Waals surface area contributed by atoms with Gasteiger partial charge in [-0.2, -0.15) is 0 Å². The van der Waals surface area contributed by atoms with Gasteiger partial charge in [-0.3, -0.25) is 4.79 Å². The molecule has 0 spiro atoms. The molecule has 0 saturated heterocycles. The van der Waals surface area contributed by atoms with Crippen LogP contribution < -0.4 is 0 Å². The summed E-state index contributed by atoms with van der Waals surface area (Å²) in [4.78, 5) is 11.0. The number of hydrogen-bond acceptors (Lipinski definition) is 2. The third-order valence-electron chi connectivity index (χ3n) is 1.61. The summed E-state index contributed by atoms with van der Waals surface area (Å²) in [5.74, 6) is 5.38. The van der Waals surface area contributed by atoms with Crippen LogP contribution >= 0.6 is 15.9 Å². The summed E-state index contributed by atoms with van der Waals surface area (Å²) in [7, 11) is 0. The summed E-state index contributed by atoms with van der Waals surface area (Å²) < 4.78 is 5.76. The summed E-state index contributed by atoms with van der Waals surface area (Å²) in [5.41, 5.74) is 0.891. The van der Waals surface area contributed by atoms with Crippen molar-refractivity contribution >= 4 is 21.9 Å². The fraction of sp³-hybridized carbons (Fsp3) is 0.250. The first-order chi connectivity index (χ1) is 7.22. The van der Waals surface area contributed by atoms with Crippen molar-refractivity contribution in [2.75, 3.05) is 6.61 Å². The molecule has 0 radical (unpaired) electrons. The average Bonchev–Trinajstić information content (AvgIpc) is 2.21. The number of esters is 1. The van der Waals surface area contributed by atoms with E-state index in [0.717, 1.165) is 10.0 Å². The SMILES string of the molecule is CCOC(=O)CC#Cc1ccc(Br)cc1. The monoisotopic (exact) mass is 266 g/mol. The van der Waals surface area contributed by atoms with E-state index >= 15 is 0 Å². The second-order valence-corrected chi connectivity index (χ2v) is 3.71. The average molecular weight is 267 g/mol. The Morgan fingerprint density at radius 3 is 2.67 bits per heavy atom. The van der Waals surface area contributed by atoms with Crippen molar-refractivity contribution in [1.82, 2.24) is 0 Å². The van der Waals surface area contributed by atoms with Crippen LogP contribution in [0.4, 0.5) is 0 Å². The first-order valence-corrected chi connectivity index (χ1v) is 5.41. The van der Waals surface area contributed by atoms with E-state index in [9.17, 15) is 4.79 Å². The van der Waals surface area contributed by atoms with E-state index in [4.69, 9.17) is 4.74 Å². The highest BCUT2D eigenvalue weighted by Crippen LogP contribution is 2.09. The maximum Gasteiger partial charge on any atom is 0.317 e. The topological polar surface area (TPSA) is 26.3 Å². The van der Waals surface area contributed by atoms with E-state index in [-0.39, 0.29) is 12.4 Å². The van der Waals surface area contributed by atoms with Crippen molar-refractivity contribution in [1.29, 1.82) is 0 Å². The van der Waals surface area contributed by atoms with E-state index in [1.54, 1.807) is 6.92 Å². The van der Waals surface area contributed by atoms with Crippen molar-refractivity contribution in [3.8, 4) is 11.8 Å². The van der Waals surface area contributed by atoms with Crippen LogP contribution in [0.1, 0.15) is 18.9 Å². The Balaban J connectivity index is 2.51. The second kappa shape index (κ2) is 6.26. The number of benzene rings is 1. The van der Waals surface area contributed by atoms with Gasteiger partial charge in [-0.15, -0.1) is 0 Å². The molecule has 1 rings (SSSR count). The number of carbonyl (C=O) groups excluding carboxylic acids is 1. The lowest BCUT2D eigenvalue weighted by Gasteiger charge is -1.94. The fourth-order valence-corrected chi connectivity index (χ4v) is 1.23. The molecule has 2 nitrogen and oxygen atoms in total. The number of hydrogen-bond donors (Lipinski definition) is 0. The molecule has 0 aliphatic rings. The molecule has 0 aliphatic heterocycles. The Morgan fingerprint density at radius 1 is 1.40 bits per heavy atom. The zero-order valence-corrected chi connectivity index (χ0v) is 10.0. The van der Waals surface area contributed by atoms with Crippen LogP contribution in [0.3, 0.4) is 0 Å². The summed E-state index contributed by atoms with van der Waals surface area (Å²) in [5, 5.41) is 0. The van der Waals surface area contributed by atoms with Crippen LogP contribution in [-0.4, -0.2) is 12.6 Å². The zero-order valence-electron chi connectivity index (χ0n) is 8.42. The number of halogens is 1. The van der Waals surface area contributed by atoms with Crippen molar-refractivity contribution in [3.05, 3.63) is 34.3 Å². The molecular weight excluding hydrogens is 256 g/mol. The van der Waals surface area contributed by atoms with Crippen LogP contribution in [-0.2, 0) is 9.53 Å². The third-order valence-corrected chi connectivity index (χ3v) is 2.14. The second-order valence-electron chi connectivity index (χ2n) is 2.79. The standard InChI is InChI=1S/C12H11BrO2/c1-2-15-12(14)5-3-4-10-6-8-11(13)9-7-10/h6-9H,2,5H2,1H3. The molecule has 1 aromatic rings. The summed E-state index contributed by atoms with van der Waals surface area (Å²) in [6.07, 6.45) is 0.143. The van der Waals surface area contributed by atoms with Gasteiger partial charge >= 0.3 is 5.97 Å². The molecule has 1 aromatic carbocycles. The zero-order chi connectivity index (χ0) is 11.1.